The molecule has 1 aliphatic rings. The highest BCUT2D eigenvalue weighted by Gasteiger charge is 2.13. The van der Waals surface area contributed by atoms with Crippen molar-refractivity contribution in [3.8, 4) is 29.1 Å². The van der Waals surface area contributed by atoms with Gasteiger partial charge in [-0.2, -0.15) is 0 Å². The minimum atomic E-state index is -0.0270. The highest BCUT2D eigenvalue weighted by molar-refractivity contribution is 5.76. The van der Waals surface area contributed by atoms with E-state index in [4.69, 9.17) is 14.2 Å². The van der Waals surface area contributed by atoms with Gasteiger partial charge in [0.2, 0.25) is 12.7 Å². The molecule has 1 aromatic rings. The van der Waals surface area contributed by atoms with E-state index in [1.165, 1.54) is 0 Å². The topological polar surface area (TPSA) is 56.8 Å². The fourth-order valence-electron chi connectivity index (χ4n) is 1.66. The van der Waals surface area contributed by atoms with Crippen LogP contribution in [-0.4, -0.2) is 25.9 Å². The quantitative estimate of drug-likeness (QED) is 0.641. The summed E-state index contributed by atoms with van der Waals surface area (Å²) in [6.45, 7) is 4.37. The molecule has 0 fully saturated rings. The van der Waals surface area contributed by atoms with Gasteiger partial charge >= 0.3 is 0 Å². The van der Waals surface area contributed by atoms with Gasteiger partial charge in [0, 0.05) is 12.5 Å². The Morgan fingerprint density at radius 2 is 2.24 bits per heavy atom. The van der Waals surface area contributed by atoms with Gasteiger partial charge in [-0.05, 0) is 18.6 Å². The van der Waals surface area contributed by atoms with Crippen LogP contribution in [0, 0.1) is 11.8 Å². The number of ether oxygens (including phenoxy) is 3. The Morgan fingerprint density at radius 1 is 1.38 bits per heavy atom. The number of nitrogens with one attached hydrogen (secondary N) is 1. The average Bonchev–Trinajstić information content (AvgIpc) is 2.96. The van der Waals surface area contributed by atoms with E-state index in [1.807, 2.05) is 0 Å². The summed E-state index contributed by atoms with van der Waals surface area (Å²) in [5.74, 6) is 7.70. The Balaban J connectivity index is 1.67. The molecule has 1 aromatic carbocycles. The Bertz CT molecular complexity index is 571. The summed E-state index contributed by atoms with van der Waals surface area (Å²) in [5.41, 5.74) is 0. The Morgan fingerprint density at radius 3 is 3.10 bits per heavy atom. The van der Waals surface area contributed by atoms with Gasteiger partial charge in [-0.15, -0.1) is 6.58 Å². The summed E-state index contributed by atoms with van der Waals surface area (Å²) < 4.78 is 15.9. The molecule has 0 aromatic heterocycles. The van der Waals surface area contributed by atoms with E-state index < -0.39 is 0 Å². The first kappa shape index (κ1) is 14.8. The van der Waals surface area contributed by atoms with Crippen LogP contribution in [0.15, 0.2) is 30.9 Å². The first-order valence-electron chi connectivity index (χ1n) is 6.65. The van der Waals surface area contributed by atoms with Crippen molar-refractivity contribution < 1.29 is 19.0 Å². The lowest BCUT2D eigenvalue weighted by atomic mass is 10.3. The highest BCUT2D eigenvalue weighted by Crippen LogP contribution is 2.34. The number of carbonyl (C=O) groups excluding carboxylic acids is 1. The standard InChI is InChI=1S/C16H17NO4/c1-2-3-6-16(18)17-9-4-5-10-19-13-7-8-14-15(11-13)21-12-20-14/h2,7-8,11H,1,3,6,9-10,12H2,(H,17,18). The van der Waals surface area contributed by atoms with Gasteiger partial charge in [0.05, 0.1) is 6.54 Å². The number of amides is 1. The Labute approximate surface area is 123 Å². The van der Waals surface area contributed by atoms with Crippen LogP contribution in [-0.2, 0) is 4.79 Å². The van der Waals surface area contributed by atoms with E-state index in [1.54, 1.807) is 24.3 Å². The molecule has 1 aliphatic heterocycles. The van der Waals surface area contributed by atoms with E-state index in [-0.39, 0.29) is 19.3 Å². The lowest BCUT2D eigenvalue weighted by Gasteiger charge is -2.03. The van der Waals surface area contributed by atoms with Crippen LogP contribution in [0.1, 0.15) is 12.8 Å². The molecule has 0 saturated carbocycles. The fraction of sp³-hybridized carbons (Fsp3) is 0.312. The molecule has 110 valence electrons. The lowest BCUT2D eigenvalue weighted by molar-refractivity contribution is -0.120. The molecule has 0 spiro atoms. The monoisotopic (exact) mass is 287 g/mol. The van der Waals surface area contributed by atoms with Crippen molar-refractivity contribution in [2.45, 2.75) is 12.8 Å². The summed E-state index contributed by atoms with van der Waals surface area (Å²) in [6.07, 6.45) is 2.83. The van der Waals surface area contributed by atoms with Crippen molar-refractivity contribution in [3.05, 3.63) is 30.9 Å². The molecule has 1 N–H and O–H groups in total. The molecule has 5 nitrogen and oxygen atoms in total. The Hall–Kier alpha value is -2.61. The van der Waals surface area contributed by atoms with Crippen molar-refractivity contribution >= 4 is 5.91 Å². The summed E-state index contributed by atoms with van der Waals surface area (Å²) in [5, 5.41) is 2.70. The summed E-state index contributed by atoms with van der Waals surface area (Å²) in [4.78, 5) is 11.3. The molecular weight excluding hydrogens is 270 g/mol. The van der Waals surface area contributed by atoms with E-state index in [2.05, 4.69) is 23.7 Å². The minimum Gasteiger partial charge on any atom is -0.481 e. The number of benzene rings is 1. The van der Waals surface area contributed by atoms with Crippen molar-refractivity contribution in [2.24, 2.45) is 0 Å². The van der Waals surface area contributed by atoms with Gasteiger partial charge in [0.1, 0.15) is 12.4 Å². The maximum absolute atomic E-state index is 11.3. The SMILES string of the molecule is C=CCCC(=O)NCC#CCOc1ccc2c(c1)OCO2. The third-order valence-corrected chi connectivity index (χ3v) is 2.73. The van der Waals surface area contributed by atoms with Gasteiger partial charge in [-0.25, -0.2) is 0 Å². The zero-order valence-electron chi connectivity index (χ0n) is 11.7. The molecule has 21 heavy (non-hydrogen) atoms. The van der Waals surface area contributed by atoms with E-state index >= 15 is 0 Å². The van der Waals surface area contributed by atoms with Crippen LogP contribution >= 0.6 is 0 Å². The van der Waals surface area contributed by atoms with E-state index in [0.717, 1.165) is 5.75 Å². The maximum atomic E-state index is 11.3. The number of hydrogen-bond acceptors (Lipinski definition) is 4. The second-order valence-electron chi connectivity index (χ2n) is 4.26. The molecule has 1 amide bonds. The molecule has 0 saturated heterocycles. The Kier molecular flexibility index (Phi) is 5.53. The molecule has 5 heteroatoms. The van der Waals surface area contributed by atoms with Crippen LogP contribution in [0.25, 0.3) is 0 Å². The fourth-order valence-corrected chi connectivity index (χ4v) is 1.66. The second-order valence-corrected chi connectivity index (χ2v) is 4.26. The zero-order chi connectivity index (χ0) is 14.9. The van der Waals surface area contributed by atoms with Gasteiger partial charge in [0.15, 0.2) is 11.5 Å². The van der Waals surface area contributed by atoms with Crippen LogP contribution in [0.5, 0.6) is 17.2 Å². The van der Waals surface area contributed by atoms with Crippen LogP contribution in [0.3, 0.4) is 0 Å². The van der Waals surface area contributed by atoms with Crippen LogP contribution in [0.2, 0.25) is 0 Å². The minimum absolute atomic E-state index is 0.0270. The van der Waals surface area contributed by atoms with Gasteiger partial charge in [-0.1, -0.05) is 17.9 Å². The van der Waals surface area contributed by atoms with E-state index in [9.17, 15) is 4.79 Å². The number of allylic oxidation sites excluding steroid dienone is 1. The molecule has 0 atom stereocenters. The molecular formula is C16H17NO4. The molecule has 2 rings (SSSR count). The lowest BCUT2D eigenvalue weighted by Crippen LogP contribution is -2.22. The third-order valence-electron chi connectivity index (χ3n) is 2.73. The predicted octanol–water partition coefficient (Wildman–Crippen LogP) is 1.88. The molecule has 0 unspecified atom stereocenters. The summed E-state index contributed by atoms with van der Waals surface area (Å²) >= 11 is 0. The molecule has 0 aliphatic carbocycles. The van der Waals surface area contributed by atoms with Gasteiger partial charge in [-0.3, -0.25) is 4.79 Å². The molecule has 0 radical (unpaired) electrons. The number of fused-ring (bicyclic) bond motifs is 1. The van der Waals surface area contributed by atoms with Crippen molar-refractivity contribution in [1.29, 1.82) is 0 Å². The number of hydrogen-bond donors (Lipinski definition) is 1. The van der Waals surface area contributed by atoms with Gasteiger partial charge < -0.3 is 19.5 Å². The first-order chi connectivity index (χ1) is 10.3. The van der Waals surface area contributed by atoms with Crippen molar-refractivity contribution in [1.82, 2.24) is 5.32 Å². The average molecular weight is 287 g/mol. The van der Waals surface area contributed by atoms with Crippen LogP contribution < -0.4 is 19.5 Å². The predicted molar refractivity (Wildman–Crippen MR) is 78.3 cm³/mol. The van der Waals surface area contributed by atoms with Crippen molar-refractivity contribution in [2.75, 3.05) is 19.9 Å². The normalized spacial score (nSPS) is 11.2. The third kappa shape index (κ3) is 4.77. The maximum Gasteiger partial charge on any atom is 0.231 e. The first-order valence-corrected chi connectivity index (χ1v) is 6.65. The zero-order valence-corrected chi connectivity index (χ0v) is 11.7. The molecule has 0 bridgehead atoms. The largest absolute Gasteiger partial charge is 0.481 e. The number of rotatable bonds is 6. The van der Waals surface area contributed by atoms with Crippen molar-refractivity contribution in [3.63, 3.8) is 0 Å². The van der Waals surface area contributed by atoms with Crippen LogP contribution in [0.4, 0.5) is 0 Å². The number of carbonyl (C=O) groups is 1. The summed E-state index contributed by atoms with van der Waals surface area (Å²) in [6, 6.07) is 5.36. The molecule has 1 heterocycles. The van der Waals surface area contributed by atoms with Gasteiger partial charge in [0.25, 0.3) is 0 Å². The highest BCUT2D eigenvalue weighted by atomic mass is 16.7. The second kappa shape index (κ2) is 7.85. The summed E-state index contributed by atoms with van der Waals surface area (Å²) in [7, 11) is 0. The van der Waals surface area contributed by atoms with E-state index in [0.29, 0.717) is 30.9 Å². The smallest absolute Gasteiger partial charge is 0.231 e.